The predicted molar refractivity (Wildman–Crippen MR) is 149 cm³/mol. The molecule has 1 fully saturated rings. The minimum absolute atomic E-state index is 0.0545. The van der Waals surface area contributed by atoms with E-state index in [0.29, 0.717) is 11.5 Å². The predicted octanol–water partition coefficient (Wildman–Crippen LogP) is 5.62. The second-order valence-electron chi connectivity index (χ2n) is 9.58. The van der Waals surface area contributed by atoms with Crippen LogP contribution >= 0.6 is 11.6 Å². The van der Waals surface area contributed by atoms with E-state index in [1.54, 1.807) is 14.2 Å². The van der Waals surface area contributed by atoms with Crippen LogP contribution in [0.25, 0.3) is 0 Å². The lowest BCUT2D eigenvalue weighted by Crippen LogP contribution is -2.36. The van der Waals surface area contributed by atoms with Crippen molar-refractivity contribution in [2.75, 3.05) is 20.8 Å². The fourth-order valence-electron chi connectivity index (χ4n) is 5.17. The molecule has 4 aromatic rings. The number of hydrogen-bond acceptors (Lipinski definition) is 7. The van der Waals surface area contributed by atoms with Crippen LogP contribution in [-0.2, 0) is 10.3 Å². The second kappa shape index (κ2) is 12.2. The molecule has 1 N–H and O–H groups in total. The van der Waals surface area contributed by atoms with Crippen LogP contribution in [0, 0.1) is 5.92 Å². The number of aromatic nitrogens is 2. The molecule has 40 heavy (non-hydrogen) atoms. The zero-order valence-electron chi connectivity index (χ0n) is 22.1. The number of halogens is 2. The van der Waals surface area contributed by atoms with Crippen molar-refractivity contribution in [3.05, 3.63) is 113 Å². The van der Waals surface area contributed by atoms with E-state index in [0.717, 1.165) is 16.7 Å². The zero-order valence-corrected chi connectivity index (χ0v) is 22.9. The van der Waals surface area contributed by atoms with Crippen LogP contribution in [0.1, 0.15) is 23.1 Å². The molecule has 1 aliphatic carbocycles. The number of rotatable bonds is 10. The Hall–Kier alpha value is -3.72. The number of aliphatic hydroxyl groups excluding tert-OH is 1. The Balaban J connectivity index is 1.50. The third-order valence-corrected chi connectivity index (χ3v) is 7.47. The summed E-state index contributed by atoms with van der Waals surface area (Å²) in [5.74, 6) is 1.02. The highest BCUT2D eigenvalue weighted by molar-refractivity contribution is 6.29. The molecule has 0 unspecified atom stereocenters. The molecule has 5 rings (SSSR count). The number of ether oxygens (including phenoxy) is 4. The van der Waals surface area contributed by atoms with E-state index < -0.39 is 29.9 Å². The summed E-state index contributed by atoms with van der Waals surface area (Å²) in [4.78, 5) is 7.83. The van der Waals surface area contributed by atoms with Crippen LogP contribution in [0.2, 0.25) is 5.15 Å². The molecule has 7 nitrogen and oxygen atoms in total. The Labute approximate surface area is 237 Å². The molecule has 1 saturated carbocycles. The van der Waals surface area contributed by atoms with E-state index in [1.807, 2.05) is 78.9 Å². The first-order valence-corrected chi connectivity index (χ1v) is 13.3. The Kier molecular flexibility index (Phi) is 8.49. The topological polar surface area (TPSA) is 82.9 Å². The second-order valence-corrected chi connectivity index (χ2v) is 9.97. The summed E-state index contributed by atoms with van der Waals surface area (Å²) in [5.41, 5.74) is 1.48. The minimum atomic E-state index is -1.63. The SMILES string of the molecule is COc1ccc(C(OC[C@H]2C[C@@H](Oc3cc(Cl)ncn3)[C@H](F)[C@@H]2O)(c2ccccc2)c2ccc(OC)cc2)cc1. The molecule has 9 heteroatoms. The summed E-state index contributed by atoms with van der Waals surface area (Å²) in [7, 11) is 3.23. The number of methoxy groups -OCH3 is 2. The maximum Gasteiger partial charge on any atom is 0.218 e. The van der Waals surface area contributed by atoms with Gasteiger partial charge < -0.3 is 24.1 Å². The number of nitrogens with zero attached hydrogens (tertiary/aromatic N) is 2. The lowest BCUT2D eigenvalue weighted by molar-refractivity contribution is -0.0389. The Morgan fingerprint density at radius 3 is 2.00 bits per heavy atom. The molecule has 4 atom stereocenters. The molecular formula is C31H30ClFN2O5. The Morgan fingerprint density at radius 1 is 0.875 bits per heavy atom. The van der Waals surface area contributed by atoms with Gasteiger partial charge in [-0.05, 0) is 47.4 Å². The molecule has 0 radical (unpaired) electrons. The maximum absolute atomic E-state index is 15.2. The van der Waals surface area contributed by atoms with Crippen molar-refractivity contribution >= 4 is 11.6 Å². The van der Waals surface area contributed by atoms with Gasteiger partial charge in [0.25, 0.3) is 0 Å². The van der Waals surface area contributed by atoms with Crippen molar-refractivity contribution < 1.29 is 28.4 Å². The molecule has 3 aromatic carbocycles. The Morgan fingerprint density at radius 2 is 1.45 bits per heavy atom. The Bertz CT molecular complexity index is 1340. The van der Waals surface area contributed by atoms with Crippen molar-refractivity contribution in [3.63, 3.8) is 0 Å². The first-order chi connectivity index (χ1) is 19.4. The quantitative estimate of drug-likeness (QED) is 0.198. The average Bonchev–Trinajstić information content (AvgIpc) is 3.26. The number of benzene rings is 3. The monoisotopic (exact) mass is 564 g/mol. The van der Waals surface area contributed by atoms with Gasteiger partial charge in [0.2, 0.25) is 5.88 Å². The van der Waals surface area contributed by atoms with E-state index in [1.165, 1.54) is 12.4 Å². The number of alkyl halides is 1. The molecule has 0 spiro atoms. The fourth-order valence-corrected chi connectivity index (χ4v) is 5.31. The van der Waals surface area contributed by atoms with Crippen LogP contribution in [0.4, 0.5) is 4.39 Å². The highest BCUT2D eigenvalue weighted by atomic mass is 35.5. The first-order valence-electron chi connectivity index (χ1n) is 12.9. The standard InChI is InChI=1S/C31H30ClFN2O5/c1-37-24-12-8-22(9-13-24)31(21-6-4-3-5-7-21,23-10-14-25(38-2)15-11-23)39-18-20-16-26(29(33)30(20)36)40-28-17-27(32)34-19-35-28/h3-15,17,19-20,26,29-30,36H,16,18H2,1-2H3/t20-,26-,29+,30-/m1/s1. The summed E-state index contributed by atoms with van der Waals surface area (Å²) >= 11 is 5.93. The van der Waals surface area contributed by atoms with Crippen molar-refractivity contribution in [3.8, 4) is 17.4 Å². The molecule has 208 valence electrons. The van der Waals surface area contributed by atoms with Crippen molar-refractivity contribution in [1.82, 2.24) is 9.97 Å². The minimum Gasteiger partial charge on any atom is -0.497 e. The summed E-state index contributed by atoms with van der Waals surface area (Å²) in [6.07, 6.45) is -2.37. The largest absolute Gasteiger partial charge is 0.497 e. The van der Waals surface area contributed by atoms with Crippen LogP contribution in [0.15, 0.2) is 91.3 Å². The molecular weight excluding hydrogens is 535 g/mol. The smallest absolute Gasteiger partial charge is 0.218 e. The lowest BCUT2D eigenvalue weighted by Gasteiger charge is -2.37. The van der Waals surface area contributed by atoms with Gasteiger partial charge >= 0.3 is 0 Å². The molecule has 0 bridgehead atoms. The summed E-state index contributed by atoms with van der Waals surface area (Å²) in [6, 6.07) is 26.5. The molecule has 0 aliphatic heterocycles. The fraction of sp³-hybridized carbons (Fsp3) is 0.290. The zero-order chi connectivity index (χ0) is 28.1. The highest BCUT2D eigenvalue weighted by Gasteiger charge is 2.47. The van der Waals surface area contributed by atoms with E-state index >= 15 is 4.39 Å². The molecule has 0 amide bonds. The van der Waals surface area contributed by atoms with Gasteiger partial charge in [0, 0.05) is 12.0 Å². The van der Waals surface area contributed by atoms with E-state index in [4.69, 9.17) is 30.5 Å². The number of hydrogen-bond donors (Lipinski definition) is 1. The van der Waals surface area contributed by atoms with Gasteiger partial charge in [-0.1, -0.05) is 66.2 Å². The average molecular weight is 565 g/mol. The molecule has 1 aliphatic rings. The van der Waals surface area contributed by atoms with Crippen LogP contribution in [0.5, 0.6) is 17.4 Å². The van der Waals surface area contributed by atoms with E-state index in [-0.39, 0.29) is 24.1 Å². The lowest BCUT2D eigenvalue weighted by atomic mass is 9.79. The molecule has 1 aromatic heterocycles. The summed E-state index contributed by atoms with van der Waals surface area (Å²) in [5, 5.41) is 11.1. The van der Waals surface area contributed by atoms with Gasteiger partial charge in [0.1, 0.15) is 34.7 Å². The van der Waals surface area contributed by atoms with Gasteiger partial charge in [0.15, 0.2) is 6.17 Å². The third kappa shape index (κ3) is 5.61. The van der Waals surface area contributed by atoms with E-state index in [2.05, 4.69) is 9.97 Å². The molecule has 0 saturated heterocycles. The van der Waals surface area contributed by atoms with Gasteiger partial charge in [0.05, 0.1) is 26.9 Å². The summed E-state index contributed by atoms with van der Waals surface area (Å²) < 4.78 is 38.6. The maximum atomic E-state index is 15.2. The highest BCUT2D eigenvalue weighted by Crippen LogP contribution is 2.43. The van der Waals surface area contributed by atoms with Crippen LogP contribution in [-0.4, -0.2) is 54.3 Å². The number of aliphatic hydroxyl groups is 1. The van der Waals surface area contributed by atoms with Crippen molar-refractivity contribution in [2.24, 2.45) is 5.92 Å². The third-order valence-electron chi connectivity index (χ3n) is 7.27. The van der Waals surface area contributed by atoms with E-state index in [9.17, 15) is 5.11 Å². The van der Waals surface area contributed by atoms with Gasteiger partial charge in [-0.15, -0.1) is 0 Å². The summed E-state index contributed by atoms with van der Waals surface area (Å²) in [6.45, 7) is 0.0545. The van der Waals surface area contributed by atoms with Gasteiger partial charge in [-0.3, -0.25) is 0 Å². The van der Waals surface area contributed by atoms with Crippen molar-refractivity contribution in [2.45, 2.75) is 30.4 Å². The normalized spacial score (nSPS) is 20.7. The van der Waals surface area contributed by atoms with Crippen molar-refractivity contribution in [1.29, 1.82) is 0 Å². The first kappa shape index (κ1) is 27.8. The van der Waals surface area contributed by atoms with Gasteiger partial charge in [-0.25, -0.2) is 14.4 Å². The van der Waals surface area contributed by atoms with Crippen LogP contribution < -0.4 is 14.2 Å². The molecule has 1 heterocycles. The van der Waals surface area contributed by atoms with Crippen LogP contribution in [0.3, 0.4) is 0 Å². The van der Waals surface area contributed by atoms with Gasteiger partial charge in [-0.2, -0.15) is 0 Å².